The Kier molecular flexibility index (Phi) is 6.86. The molecule has 1 saturated heterocycles. The van der Waals surface area contributed by atoms with Gasteiger partial charge in [0.05, 0.1) is 11.7 Å². The lowest BCUT2D eigenvalue weighted by Crippen LogP contribution is -2.54. The molecule has 1 fully saturated rings. The van der Waals surface area contributed by atoms with Crippen LogP contribution >= 0.6 is 0 Å². The van der Waals surface area contributed by atoms with Gasteiger partial charge >= 0.3 is 17.9 Å². The summed E-state index contributed by atoms with van der Waals surface area (Å²) in [5, 5.41) is 11.5. The lowest BCUT2D eigenvalue weighted by atomic mass is 9.82. The molecule has 0 unspecified atom stereocenters. The van der Waals surface area contributed by atoms with Crippen LogP contribution in [0.15, 0.2) is 22.8 Å². The summed E-state index contributed by atoms with van der Waals surface area (Å²) in [5.74, 6) is -3.69. The van der Waals surface area contributed by atoms with E-state index >= 15 is 0 Å². The molecule has 0 aromatic heterocycles. The maximum absolute atomic E-state index is 12.5. The molecular formula is C24H34O8. The van der Waals surface area contributed by atoms with E-state index in [1.807, 2.05) is 19.9 Å². The Morgan fingerprint density at radius 2 is 1.81 bits per heavy atom. The number of hydrogen-bond donors (Lipinski definition) is 1. The van der Waals surface area contributed by atoms with Crippen molar-refractivity contribution in [3.63, 3.8) is 0 Å². The molecule has 8 heteroatoms. The molecule has 178 valence electrons. The zero-order chi connectivity index (χ0) is 23.8. The zero-order valence-corrected chi connectivity index (χ0v) is 19.7. The second kappa shape index (κ2) is 8.98. The van der Waals surface area contributed by atoms with Crippen LogP contribution in [0.4, 0.5) is 0 Å². The maximum atomic E-state index is 12.5. The smallest absolute Gasteiger partial charge is 0.336 e. The van der Waals surface area contributed by atoms with Gasteiger partial charge in [0.1, 0.15) is 5.60 Å². The van der Waals surface area contributed by atoms with Crippen molar-refractivity contribution in [2.24, 2.45) is 5.92 Å². The third-order valence-corrected chi connectivity index (χ3v) is 6.75. The molecule has 6 atom stereocenters. The first kappa shape index (κ1) is 24.5. The molecule has 3 heterocycles. The summed E-state index contributed by atoms with van der Waals surface area (Å²) >= 11 is 0. The highest BCUT2D eigenvalue weighted by Crippen LogP contribution is 2.46. The Hall–Kier alpha value is -2.19. The summed E-state index contributed by atoms with van der Waals surface area (Å²) in [7, 11) is 0. The maximum Gasteiger partial charge on any atom is 0.336 e. The van der Waals surface area contributed by atoms with E-state index in [0.717, 1.165) is 24.8 Å². The van der Waals surface area contributed by atoms with Crippen LogP contribution in [0.2, 0.25) is 0 Å². The van der Waals surface area contributed by atoms with Crippen molar-refractivity contribution in [3.8, 4) is 0 Å². The molecule has 0 aromatic carbocycles. The van der Waals surface area contributed by atoms with Crippen molar-refractivity contribution in [3.05, 3.63) is 22.8 Å². The second-order valence-corrected chi connectivity index (χ2v) is 9.56. The number of fused-ring (bicyclic) bond motifs is 3. The number of esters is 3. The molecule has 0 radical (unpaired) electrons. The first-order valence-corrected chi connectivity index (χ1v) is 11.2. The van der Waals surface area contributed by atoms with Crippen molar-refractivity contribution in [1.82, 2.24) is 0 Å². The second-order valence-electron chi connectivity index (χ2n) is 9.56. The molecule has 1 N–H and O–H groups in total. The van der Waals surface area contributed by atoms with Gasteiger partial charge < -0.3 is 24.1 Å². The molecule has 0 spiro atoms. The Balaban J connectivity index is 2.20. The average Bonchev–Trinajstić information content (AvgIpc) is 3.16. The minimum Gasteiger partial charge on any atom is -0.455 e. The summed E-state index contributed by atoms with van der Waals surface area (Å²) in [6.45, 7) is 9.81. The Labute approximate surface area is 188 Å². The van der Waals surface area contributed by atoms with E-state index in [0.29, 0.717) is 6.42 Å². The first-order valence-electron chi connectivity index (χ1n) is 11.2. The summed E-state index contributed by atoms with van der Waals surface area (Å²) in [6.07, 6.45) is 2.64. The molecule has 8 nitrogen and oxygen atoms in total. The Morgan fingerprint density at radius 3 is 2.44 bits per heavy atom. The fourth-order valence-electron chi connectivity index (χ4n) is 5.12. The predicted octanol–water partition coefficient (Wildman–Crippen LogP) is 3.12. The third kappa shape index (κ3) is 4.76. The summed E-state index contributed by atoms with van der Waals surface area (Å²) in [6, 6.07) is 0. The average molecular weight is 451 g/mol. The van der Waals surface area contributed by atoms with Crippen LogP contribution in [-0.4, -0.2) is 52.7 Å². The predicted molar refractivity (Wildman–Crippen MR) is 114 cm³/mol. The minimum absolute atomic E-state index is 0.0192. The van der Waals surface area contributed by atoms with Gasteiger partial charge in [-0.05, 0) is 52.4 Å². The summed E-state index contributed by atoms with van der Waals surface area (Å²) < 4.78 is 23.2. The standard InChI is InChI=1S/C24H34O8/c1-13-8-7-9-14(2)18-10-11-23(6,31-18)21(30-17(5)26)20(29-16(4)25)19-15(3)22(27)32-24(19,28)12-13/h8,14,18,20-21,28H,7,9-12H2,1-6H3/b13-8+/t14-,18+,20-,21+,23-,24+/m0/s1. The fraction of sp³-hybridized carbons (Fsp3) is 0.708. The van der Waals surface area contributed by atoms with E-state index in [1.165, 1.54) is 20.8 Å². The highest BCUT2D eigenvalue weighted by atomic mass is 16.7. The van der Waals surface area contributed by atoms with Crippen LogP contribution in [0.3, 0.4) is 0 Å². The number of carbonyl (C=O) groups excluding carboxylic acids is 3. The number of aliphatic hydroxyl groups is 1. The topological polar surface area (TPSA) is 108 Å². The number of allylic oxidation sites excluding steroid dienone is 1. The molecule has 0 saturated carbocycles. The van der Waals surface area contributed by atoms with Crippen molar-refractivity contribution in [2.75, 3.05) is 0 Å². The van der Waals surface area contributed by atoms with Crippen LogP contribution in [0, 0.1) is 5.92 Å². The fourth-order valence-corrected chi connectivity index (χ4v) is 5.12. The van der Waals surface area contributed by atoms with Gasteiger partial charge in [0.15, 0.2) is 12.2 Å². The third-order valence-electron chi connectivity index (χ3n) is 6.75. The molecule has 3 rings (SSSR count). The van der Waals surface area contributed by atoms with Gasteiger partial charge in [-0.25, -0.2) is 4.79 Å². The largest absolute Gasteiger partial charge is 0.455 e. The first-order chi connectivity index (χ1) is 14.9. The lowest BCUT2D eigenvalue weighted by molar-refractivity contribution is -0.205. The number of ether oxygens (including phenoxy) is 4. The molecule has 0 amide bonds. The van der Waals surface area contributed by atoms with Crippen molar-refractivity contribution in [1.29, 1.82) is 0 Å². The summed E-state index contributed by atoms with van der Waals surface area (Å²) in [5.41, 5.74) is 0.0744. The molecule has 2 bridgehead atoms. The van der Waals surface area contributed by atoms with Crippen LogP contribution in [-0.2, 0) is 33.3 Å². The van der Waals surface area contributed by atoms with Crippen molar-refractivity contribution < 1.29 is 38.4 Å². The zero-order valence-electron chi connectivity index (χ0n) is 19.7. The van der Waals surface area contributed by atoms with E-state index in [2.05, 4.69) is 6.92 Å². The normalized spacial score (nSPS) is 39.6. The van der Waals surface area contributed by atoms with Crippen molar-refractivity contribution >= 4 is 17.9 Å². The monoisotopic (exact) mass is 450 g/mol. The van der Waals surface area contributed by atoms with Crippen molar-refractivity contribution in [2.45, 2.75) is 103 Å². The highest BCUT2D eigenvalue weighted by molar-refractivity contribution is 5.92. The lowest BCUT2D eigenvalue weighted by Gasteiger charge is -2.40. The van der Waals surface area contributed by atoms with E-state index in [9.17, 15) is 19.5 Å². The van der Waals surface area contributed by atoms with Gasteiger partial charge in [0.2, 0.25) is 5.79 Å². The van der Waals surface area contributed by atoms with Gasteiger partial charge in [-0.15, -0.1) is 0 Å². The Bertz CT molecular complexity index is 858. The quantitative estimate of drug-likeness (QED) is 0.388. The van der Waals surface area contributed by atoms with Crippen LogP contribution < -0.4 is 0 Å². The van der Waals surface area contributed by atoms with Crippen LogP contribution in [0.5, 0.6) is 0 Å². The molecular weight excluding hydrogens is 416 g/mol. The SMILES string of the molecule is CC(=O)O[C@@H]1[C@@H](OC(C)=O)C2=C(C)C(=O)O[C@]2(O)C/C(C)=C/CC[C@H](C)[C@H]2CC[C@]1(C)O2. The van der Waals surface area contributed by atoms with Crippen LogP contribution in [0.25, 0.3) is 0 Å². The molecule has 3 aliphatic rings. The number of hydrogen-bond acceptors (Lipinski definition) is 8. The van der Waals surface area contributed by atoms with Gasteiger partial charge in [-0.2, -0.15) is 0 Å². The van der Waals surface area contributed by atoms with Gasteiger partial charge in [-0.1, -0.05) is 18.6 Å². The molecule has 3 aliphatic heterocycles. The van der Waals surface area contributed by atoms with E-state index in [4.69, 9.17) is 18.9 Å². The van der Waals surface area contributed by atoms with Crippen LogP contribution in [0.1, 0.15) is 73.6 Å². The Morgan fingerprint density at radius 1 is 1.16 bits per heavy atom. The van der Waals surface area contributed by atoms with Gasteiger partial charge in [0.25, 0.3) is 0 Å². The highest BCUT2D eigenvalue weighted by Gasteiger charge is 2.57. The molecule has 32 heavy (non-hydrogen) atoms. The summed E-state index contributed by atoms with van der Waals surface area (Å²) in [4.78, 5) is 36.8. The van der Waals surface area contributed by atoms with Gasteiger partial charge in [0, 0.05) is 25.8 Å². The van der Waals surface area contributed by atoms with E-state index in [-0.39, 0.29) is 29.6 Å². The minimum atomic E-state index is -2.02. The molecule has 0 aromatic rings. The van der Waals surface area contributed by atoms with E-state index in [1.54, 1.807) is 0 Å². The molecule has 0 aliphatic carbocycles. The number of carbonyl (C=O) groups is 3. The van der Waals surface area contributed by atoms with Gasteiger partial charge in [-0.3, -0.25) is 9.59 Å². The number of rotatable bonds is 2. The van der Waals surface area contributed by atoms with E-state index < -0.39 is 41.5 Å².